The Labute approximate surface area is 240 Å². The number of aliphatic hydroxyl groups is 1. The van der Waals surface area contributed by atoms with E-state index in [0.29, 0.717) is 30.2 Å². The molecule has 220 valence electrons. The van der Waals surface area contributed by atoms with Crippen LogP contribution in [-0.4, -0.2) is 80.9 Å². The highest BCUT2D eigenvalue weighted by Gasteiger charge is 2.39. The van der Waals surface area contributed by atoms with E-state index in [4.69, 9.17) is 10.5 Å². The van der Waals surface area contributed by atoms with E-state index in [1.807, 2.05) is 6.07 Å². The maximum absolute atomic E-state index is 15.2. The van der Waals surface area contributed by atoms with Crippen LogP contribution < -0.4 is 16.0 Å². The largest absolute Gasteiger partial charge is 0.380 e. The second-order valence-electron chi connectivity index (χ2n) is 11.2. The van der Waals surface area contributed by atoms with Gasteiger partial charge in [0.1, 0.15) is 17.2 Å². The number of imidazole rings is 1. The van der Waals surface area contributed by atoms with Crippen LogP contribution in [0.15, 0.2) is 48.9 Å². The van der Waals surface area contributed by atoms with E-state index in [-0.39, 0.29) is 53.9 Å². The Morgan fingerprint density at radius 3 is 2.57 bits per heavy atom. The molecule has 0 bridgehead atoms. The number of hydrogen-bond acceptors (Lipinski definition) is 9. The lowest BCUT2D eigenvalue weighted by atomic mass is 9.88. The number of piperidine rings is 1. The summed E-state index contributed by atoms with van der Waals surface area (Å²) in [6.45, 7) is 4.75. The molecule has 3 aromatic heterocycles. The van der Waals surface area contributed by atoms with Crippen LogP contribution in [0.3, 0.4) is 0 Å². The van der Waals surface area contributed by atoms with Crippen molar-refractivity contribution in [2.45, 2.75) is 31.5 Å². The van der Waals surface area contributed by atoms with Gasteiger partial charge in [0.05, 0.1) is 59.8 Å². The Bertz CT molecular complexity index is 1620. The molecular formula is C29H32F2N8O3. The maximum atomic E-state index is 15.2. The quantitative estimate of drug-likeness (QED) is 0.316. The molecule has 0 aliphatic carbocycles. The number of aromatic nitrogens is 4. The molecule has 1 amide bonds. The van der Waals surface area contributed by atoms with Gasteiger partial charge in [0, 0.05) is 39.3 Å². The first kappa shape index (κ1) is 27.9. The molecular weight excluding hydrogens is 546 g/mol. The molecule has 6 rings (SSSR count). The number of carbonyl (C=O) groups excluding carboxylic acids is 1. The van der Waals surface area contributed by atoms with Gasteiger partial charge in [-0.2, -0.15) is 9.61 Å². The summed E-state index contributed by atoms with van der Waals surface area (Å²) in [5.74, 6) is -1.28. The van der Waals surface area contributed by atoms with Crippen molar-refractivity contribution in [3.63, 3.8) is 0 Å². The van der Waals surface area contributed by atoms with Gasteiger partial charge in [0.25, 0.3) is 0 Å². The van der Waals surface area contributed by atoms with E-state index >= 15 is 8.78 Å². The van der Waals surface area contributed by atoms with Crippen LogP contribution >= 0.6 is 0 Å². The molecule has 0 radical (unpaired) electrons. The first-order valence-corrected chi connectivity index (χ1v) is 13.7. The van der Waals surface area contributed by atoms with Gasteiger partial charge >= 0.3 is 0 Å². The van der Waals surface area contributed by atoms with Crippen molar-refractivity contribution in [1.29, 1.82) is 0 Å². The van der Waals surface area contributed by atoms with E-state index in [2.05, 4.69) is 32.2 Å². The first-order chi connectivity index (χ1) is 20.1. The molecule has 1 aromatic carbocycles. The average Bonchev–Trinajstić information content (AvgIpc) is 3.33. The number of nitrogens with one attached hydrogen (secondary N) is 1. The average molecular weight is 579 g/mol. The zero-order chi connectivity index (χ0) is 29.8. The van der Waals surface area contributed by atoms with Gasteiger partial charge in [-0.1, -0.05) is 6.92 Å². The smallest absolute Gasteiger partial charge is 0.229 e. The van der Waals surface area contributed by atoms with Crippen molar-refractivity contribution in [2.24, 2.45) is 11.7 Å². The Morgan fingerprint density at radius 2 is 1.93 bits per heavy atom. The number of nitrogens with zero attached hydrogens (tertiary/aromatic N) is 6. The molecule has 4 N–H and O–H groups in total. The number of rotatable bonds is 6. The molecule has 42 heavy (non-hydrogen) atoms. The van der Waals surface area contributed by atoms with Gasteiger partial charge in [-0.25, -0.2) is 13.8 Å². The van der Waals surface area contributed by atoms with Gasteiger partial charge < -0.3 is 30.7 Å². The number of carbonyl (C=O) groups is 1. The maximum Gasteiger partial charge on any atom is 0.229 e. The van der Waals surface area contributed by atoms with Gasteiger partial charge in [-0.05, 0) is 41.8 Å². The highest BCUT2D eigenvalue weighted by molar-refractivity contribution is 5.75. The van der Waals surface area contributed by atoms with Crippen LogP contribution in [-0.2, 0) is 15.1 Å². The van der Waals surface area contributed by atoms with Gasteiger partial charge in [-0.3, -0.25) is 9.78 Å². The Kier molecular flexibility index (Phi) is 7.03. The van der Waals surface area contributed by atoms with Crippen LogP contribution in [0.2, 0.25) is 0 Å². The van der Waals surface area contributed by atoms with E-state index in [9.17, 15) is 9.90 Å². The van der Waals surface area contributed by atoms with Crippen LogP contribution in [0.5, 0.6) is 0 Å². The van der Waals surface area contributed by atoms with Crippen LogP contribution in [0.25, 0.3) is 16.8 Å². The number of fused-ring (bicyclic) bond motifs is 1. The van der Waals surface area contributed by atoms with Gasteiger partial charge in [-0.15, -0.1) is 0 Å². The number of halogens is 2. The molecule has 0 saturated carbocycles. The standard InChI is InChI=1S/C29H32F2N8O3/c1-16-12-38(13-22(32)27(16)37(3)17(2)40)25-6-7-33-11-24(25)35-28-34-10-19-4-5-23(36-39(19)28)26-20(30)8-18(9-21(26)31)29(41)14-42-15-29/h4-11,16,22,27,41H,12-15,32H2,1-3H3,(H,34,35)/t16-,22+,27-/m0/s1. The predicted molar refractivity (Wildman–Crippen MR) is 152 cm³/mol. The molecule has 3 atom stereocenters. The lowest BCUT2D eigenvalue weighted by Gasteiger charge is -2.46. The molecule has 0 unspecified atom stereocenters. The van der Waals surface area contributed by atoms with Crippen molar-refractivity contribution >= 4 is 28.7 Å². The van der Waals surface area contributed by atoms with E-state index in [0.717, 1.165) is 17.8 Å². The number of nitrogens with two attached hydrogens (primary N) is 1. The highest BCUT2D eigenvalue weighted by Crippen LogP contribution is 2.35. The van der Waals surface area contributed by atoms with Crippen LogP contribution in [0.1, 0.15) is 19.4 Å². The fraction of sp³-hybridized carbons (Fsp3) is 0.379. The van der Waals surface area contributed by atoms with Crippen molar-refractivity contribution in [2.75, 3.05) is 43.6 Å². The number of anilines is 3. The third kappa shape index (κ3) is 4.82. The molecule has 13 heteroatoms. The molecule has 2 aliphatic heterocycles. The molecule has 0 spiro atoms. The third-order valence-corrected chi connectivity index (χ3v) is 8.19. The van der Waals surface area contributed by atoms with E-state index in [1.54, 1.807) is 36.6 Å². The fourth-order valence-electron chi connectivity index (χ4n) is 5.92. The molecule has 2 aliphatic rings. The molecule has 11 nitrogen and oxygen atoms in total. The highest BCUT2D eigenvalue weighted by atomic mass is 19.1. The van der Waals surface area contributed by atoms with E-state index < -0.39 is 17.2 Å². The molecule has 2 saturated heterocycles. The minimum absolute atomic E-state index is 0.0197. The first-order valence-electron chi connectivity index (χ1n) is 13.7. The van der Waals surface area contributed by atoms with Crippen molar-refractivity contribution < 1.29 is 23.4 Å². The van der Waals surface area contributed by atoms with Gasteiger partial charge in [0.2, 0.25) is 11.9 Å². The fourth-order valence-corrected chi connectivity index (χ4v) is 5.92. The number of likely N-dealkylation sites (N-methyl/N-ethyl adjacent to an activating group) is 1. The van der Waals surface area contributed by atoms with Crippen molar-refractivity contribution in [1.82, 2.24) is 24.5 Å². The summed E-state index contributed by atoms with van der Waals surface area (Å²) >= 11 is 0. The molecule has 2 fully saturated rings. The number of amides is 1. The minimum atomic E-state index is -1.40. The third-order valence-electron chi connectivity index (χ3n) is 8.19. The summed E-state index contributed by atoms with van der Waals surface area (Å²) in [4.78, 5) is 24.6. The Balaban J connectivity index is 1.30. The summed E-state index contributed by atoms with van der Waals surface area (Å²) in [6.07, 6.45) is 4.95. The van der Waals surface area contributed by atoms with Crippen LogP contribution in [0, 0.1) is 17.6 Å². The Morgan fingerprint density at radius 1 is 1.19 bits per heavy atom. The summed E-state index contributed by atoms with van der Waals surface area (Å²) < 4.78 is 36.9. The summed E-state index contributed by atoms with van der Waals surface area (Å²) in [5, 5.41) is 18.2. The normalized spacial score (nSPS) is 21.7. The molecule has 4 aromatic rings. The van der Waals surface area contributed by atoms with Crippen LogP contribution in [0.4, 0.5) is 26.1 Å². The topological polar surface area (TPSA) is 134 Å². The SMILES string of the molecule is CC(=O)N(C)[C@@H]1[C@H](N)CN(c2ccncc2Nc2ncc3ccc(-c4c(F)cc(C5(O)COC5)cc4F)nn23)C[C@@H]1C. The van der Waals surface area contributed by atoms with Crippen molar-refractivity contribution in [3.05, 3.63) is 66.1 Å². The zero-order valence-electron chi connectivity index (χ0n) is 23.5. The zero-order valence-corrected chi connectivity index (χ0v) is 23.5. The van der Waals surface area contributed by atoms with Gasteiger partial charge in [0.15, 0.2) is 0 Å². The van der Waals surface area contributed by atoms with Crippen molar-refractivity contribution in [3.8, 4) is 11.3 Å². The second-order valence-corrected chi connectivity index (χ2v) is 11.2. The lowest BCUT2D eigenvalue weighted by molar-refractivity contribution is -0.184. The van der Waals surface area contributed by atoms with E-state index in [1.165, 1.54) is 17.5 Å². The predicted octanol–water partition coefficient (Wildman–Crippen LogP) is 2.66. The lowest BCUT2D eigenvalue weighted by Crippen LogP contribution is -2.62. The number of pyridine rings is 1. The summed E-state index contributed by atoms with van der Waals surface area (Å²) in [7, 11) is 1.78. The summed E-state index contributed by atoms with van der Waals surface area (Å²) in [5.41, 5.74) is 7.12. The monoisotopic (exact) mass is 578 g/mol. The Hall–Kier alpha value is -4.20. The minimum Gasteiger partial charge on any atom is -0.380 e. The summed E-state index contributed by atoms with van der Waals surface area (Å²) in [6, 6.07) is 6.93. The molecule has 5 heterocycles. The second kappa shape index (κ2) is 10.6. The number of benzene rings is 1. The number of ether oxygens (including phenoxy) is 1. The number of hydrogen-bond donors (Lipinski definition) is 3.